The van der Waals surface area contributed by atoms with E-state index in [0.29, 0.717) is 13.0 Å². The highest BCUT2D eigenvalue weighted by Crippen LogP contribution is 2.21. The summed E-state index contributed by atoms with van der Waals surface area (Å²) < 4.78 is 1.04. The first-order chi connectivity index (χ1) is 9.02. The van der Waals surface area contributed by atoms with E-state index in [4.69, 9.17) is 0 Å². The molecule has 19 heavy (non-hydrogen) atoms. The molecule has 0 aliphatic rings. The zero-order valence-corrected chi connectivity index (χ0v) is 13.1. The van der Waals surface area contributed by atoms with Crippen molar-refractivity contribution in [2.45, 2.75) is 45.1 Å². The SMILES string of the molecule is CCCC(O)CNC(=O)CC(C)c1ccc(Br)cc1. The molecule has 1 amide bonds. The Bertz CT molecular complexity index is 392. The maximum absolute atomic E-state index is 11.8. The minimum Gasteiger partial charge on any atom is -0.391 e. The predicted octanol–water partition coefficient (Wildman–Crippen LogP) is 3.22. The van der Waals surface area contributed by atoms with Gasteiger partial charge < -0.3 is 10.4 Å². The summed E-state index contributed by atoms with van der Waals surface area (Å²) in [7, 11) is 0. The molecule has 0 spiro atoms. The van der Waals surface area contributed by atoms with Crippen molar-refractivity contribution in [1.82, 2.24) is 5.32 Å². The van der Waals surface area contributed by atoms with Crippen LogP contribution in [-0.2, 0) is 4.79 Å². The number of aliphatic hydroxyl groups excluding tert-OH is 1. The summed E-state index contributed by atoms with van der Waals surface area (Å²) in [5, 5.41) is 12.3. The van der Waals surface area contributed by atoms with E-state index in [0.717, 1.165) is 22.9 Å². The molecule has 0 saturated carbocycles. The number of carbonyl (C=O) groups excluding carboxylic acids is 1. The van der Waals surface area contributed by atoms with E-state index in [1.54, 1.807) is 0 Å². The Hall–Kier alpha value is -0.870. The molecule has 0 radical (unpaired) electrons. The fraction of sp³-hybridized carbons (Fsp3) is 0.533. The Morgan fingerprint density at radius 3 is 2.58 bits per heavy atom. The molecule has 0 aliphatic carbocycles. The maximum Gasteiger partial charge on any atom is 0.220 e. The van der Waals surface area contributed by atoms with E-state index >= 15 is 0 Å². The van der Waals surface area contributed by atoms with Crippen molar-refractivity contribution in [1.29, 1.82) is 0 Å². The standard InChI is InChI=1S/C15H22BrNO2/c1-3-4-14(18)10-17-15(19)9-11(2)12-5-7-13(16)8-6-12/h5-8,11,14,18H,3-4,9-10H2,1-2H3,(H,17,19). The lowest BCUT2D eigenvalue weighted by molar-refractivity contribution is -0.121. The van der Waals surface area contributed by atoms with Crippen molar-refractivity contribution in [3.8, 4) is 0 Å². The van der Waals surface area contributed by atoms with E-state index in [1.807, 2.05) is 38.1 Å². The summed E-state index contributed by atoms with van der Waals surface area (Å²) in [5.41, 5.74) is 1.15. The van der Waals surface area contributed by atoms with Crippen LogP contribution in [-0.4, -0.2) is 23.7 Å². The molecule has 0 aromatic heterocycles. The molecule has 106 valence electrons. The third kappa shape index (κ3) is 6.21. The first-order valence-corrected chi connectivity index (χ1v) is 7.52. The number of hydrogen-bond donors (Lipinski definition) is 2. The van der Waals surface area contributed by atoms with Crippen LogP contribution in [0.15, 0.2) is 28.7 Å². The maximum atomic E-state index is 11.8. The number of nitrogens with one attached hydrogen (secondary N) is 1. The molecule has 0 heterocycles. The van der Waals surface area contributed by atoms with E-state index in [-0.39, 0.29) is 11.8 Å². The molecule has 1 aromatic rings. The second-order valence-corrected chi connectivity index (χ2v) is 5.82. The molecule has 1 aromatic carbocycles. The second-order valence-electron chi connectivity index (χ2n) is 4.90. The van der Waals surface area contributed by atoms with Crippen LogP contribution in [0.1, 0.15) is 44.6 Å². The van der Waals surface area contributed by atoms with Gasteiger partial charge in [-0.2, -0.15) is 0 Å². The first kappa shape index (κ1) is 16.2. The molecular weight excluding hydrogens is 306 g/mol. The van der Waals surface area contributed by atoms with Crippen molar-refractivity contribution >= 4 is 21.8 Å². The van der Waals surface area contributed by atoms with Crippen LogP contribution in [0.2, 0.25) is 0 Å². The minimum atomic E-state index is -0.433. The van der Waals surface area contributed by atoms with Gasteiger partial charge in [-0.25, -0.2) is 0 Å². The normalized spacial score (nSPS) is 13.9. The van der Waals surface area contributed by atoms with Gasteiger partial charge in [0.1, 0.15) is 0 Å². The number of hydrogen-bond acceptors (Lipinski definition) is 2. The summed E-state index contributed by atoms with van der Waals surface area (Å²) >= 11 is 3.39. The van der Waals surface area contributed by atoms with E-state index in [1.165, 1.54) is 0 Å². The van der Waals surface area contributed by atoms with Gasteiger partial charge in [-0.1, -0.05) is 48.3 Å². The van der Waals surface area contributed by atoms with Gasteiger partial charge in [0.05, 0.1) is 6.10 Å². The third-order valence-corrected chi connectivity index (χ3v) is 3.62. The zero-order chi connectivity index (χ0) is 14.3. The van der Waals surface area contributed by atoms with Gasteiger partial charge in [-0.15, -0.1) is 0 Å². The lowest BCUT2D eigenvalue weighted by Crippen LogP contribution is -2.32. The van der Waals surface area contributed by atoms with Gasteiger partial charge in [0.25, 0.3) is 0 Å². The molecule has 0 fully saturated rings. The molecule has 1 rings (SSSR count). The molecule has 2 N–H and O–H groups in total. The third-order valence-electron chi connectivity index (χ3n) is 3.09. The van der Waals surface area contributed by atoms with Crippen LogP contribution in [0.25, 0.3) is 0 Å². The Morgan fingerprint density at radius 2 is 2.00 bits per heavy atom. The summed E-state index contributed by atoms with van der Waals surface area (Å²) in [6.07, 6.45) is 1.66. The average molecular weight is 328 g/mol. The molecule has 2 unspecified atom stereocenters. The first-order valence-electron chi connectivity index (χ1n) is 6.73. The van der Waals surface area contributed by atoms with Crippen LogP contribution >= 0.6 is 15.9 Å². The summed E-state index contributed by atoms with van der Waals surface area (Å²) in [5.74, 6) is 0.169. The van der Waals surface area contributed by atoms with Crippen molar-refractivity contribution in [3.05, 3.63) is 34.3 Å². The van der Waals surface area contributed by atoms with Gasteiger partial charge in [-0.3, -0.25) is 4.79 Å². The lowest BCUT2D eigenvalue weighted by Gasteiger charge is -2.14. The van der Waals surface area contributed by atoms with Gasteiger partial charge in [0.15, 0.2) is 0 Å². The van der Waals surface area contributed by atoms with Gasteiger partial charge in [-0.05, 0) is 30.0 Å². The molecule has 2 atom stereocenters. The molecule has 0 saturated heterocycles. The van der Waals surface area contributed by atoms with Crippen LogP contribution < -0.4 is 5.32 Å². The monoisotopic (exact) mass is 327 g/mol. The van der Waals surface area contributed by atoms with Gasteiger partial charge in [0, 0.05) is 17.4 Å². The van der Waals surface area contributed by atoms with E-state index in [9.17, 15) is 9.90 Å². The van der Waals surface area contributed by atoms with Crippen molar-refractivity contribution in [2.75, 3.05) is 6.54 Å². The van der Waals surface area contributed by atoms with Crippen molar-refractivity contribution in [3.63, 3.8) is 0 Å². The molecule has 4 heteroatoms. The summed E-state index contributed by atoms with van der Waals surface area (Å²) in [6.45, 7) is 4.39. The molecular formula is C15H22BrNO2. The number of aliphatic hydroxyl groups is 1. The highest BCUT2D eigenvalue weighted by molar-refractivity contribution is 9.10. The Balaban J connectivity index is 2.37. The molecule has 3 nitrogen and oxygen atoms in total. The van der Waals surface area contributed by atoms with Crippen LogP contribution in [0, 0.1) is 0 Å². The van der Waals surface area contributed by atoms with Crippen LogP contribution in [0.3, 0.4) is 0 Å². The van der Waals surface area contributed by atoms with Gasteiger partial charge >= 0.3 is 0 Å². The fourth-order valence-corrected chi connectivity index (χ4v) is 2.19. The van der Waals surface area contributed by atoms with E-state index < -0.39 is 6.10 Å². The van der Waals surface area contributed by atoms with Crippen LogP contribution in [0.5, 0.6) is 0 Å². The summed E-state index contributed by atoms with van der Waals surface area (Å²) in [6, 6.07) is 8.01. The second kappa shape index (κ2) is 8.33. The minimum absolute atomic E-state index is 0.00873. The van der Waals surface area contributed by atoms with Crippen molar-refractivity contribution < 1.29 is 9.90 Å². The average Bonchev–Trinajstić information content (AvgIpc) is 2.37. The highest BCUT2D eigenvalue weighted by Gasteiger charge is 2.12. The predicted molar refractivity (Wildman–Crippen MR) is 81.1 cm³/mol. The fourth-order valence-electron chi connectivity index (χ4n) is 1.93. The number of carbonyl (C=O) groups is 1. The van der Waals surface area contributed by atoms with Crippen molar-refractivity contribution in [2.24, 2.45) is 0 Å². The molecule has 0 bridgehead atoms. The topological polar surface area (TPSA) is 49.3 Å². The number of halogens is 1. The smallest absolute Gasteiger partial charge is 0.220 e. The largest absolute Gasteiger partial charge is 0.391 e. The quantitative estimate of drug-likeness (QED) is 0.807. The number of benzene rings is 1. The van der Waals surface area contributed by atoms with Gasteiger partial charge in [0.2, 0.25) is 5.91 Å². The molecule has 0 aliphatic heterocycles. The zero-order valence-electron chi connectivity index (χ0n) is 11.5. The Morgan fingerprint density at radius 1 is 1.37 bits per heavy atom. The number of amides is 1. The lowest BCUT2D eigenvalue weighted by atomic mass is 9.97. The summed E-state index contributed by atoms with van der Waals surface area (Å²) in [4.78, 5) is 11.8. The highest BCUT2D eigenvalue weighted by atomic mass is 79.9. The Labute approximate surface area is 123 Å². The number of rotatable bonds is 7. The van der Waals surface area contributed by atoms with E-state index in [2.05, 4.69) is 21.2 Å². The Kier molecular flexibility index (Phi) is 7.10. The van der Waals surface area contributed by atoms with Crippen LogP contribution in [0.4, 0.5) is 0 Å².